The summed E-state index contributed by atoms with van der Waals surface area (Å²) in [6.07, 6.45) is 7.75. The van der Waals surface area contributed by atoms with Gasteiger partial charge in [-0.2, -0.15) is 0 Å². The fourth-order valence-corrected chi connectivity index (χ4v) is 4.67. The fourth-order valence-electron chi connectivity index (χ4n) is 4.28. The molecule has 3 heterocycles. The van der Waals surface area contributed by atoms with Crippen molar-refractivity contribution in [3.8, 4) is 11.5 Å². The van der Waals surface area contributed by atoms with Crippen molar-refractivity contribution >= 4 is 56.0 Å². The highest BCUT2D eigenvalue weighted by Gasteiger charge is 2.20. The van der Waals surface area contributed by atoms with Crippen LogP contribution in [0.25, 0.3) is 27.4 Å². The third-order valence-electron chi connectivity index (χ3n) is 6.15. The number of halogens is 2. The number of thiocarbonyl (C=S) groups is 1. The van der Waals surface area contributed by atoms with Crippen molar-refractivity contribution in [2.45, 2.75) is 13.3 Å². The summed E-state index contributed by atoms with van der Waals surface area (Å²) in [4.78, 5) is 9.33. The predicted molar refractivity (Wildman–Crippen MR) is 148 cm³/mol. The molecule has 38 heavy (non-hydrogen) atoms. The second kappa shape index (κ2) is 9.68. The molecule has 0 amide bonds. The first kappa shape index (κ1) is 23.7. The smallest absolute Gasteiger partial charge is 0.161 e. The van der Waals surface area contributed by atoms with E-state index in [1.807, 2.05) is 31.2 Å². The van der Waals surface area contributed by atoms with Crippen LogP contribution >= 0.6 is 12.2 Å². The topological polar surface area (TPSA) is 72.8 Å². The molecule has 0 spiro atoms. The van der Waals surface area contributed by atoms with Crippen molar-refractivity contribution in [3.05, 3.63) is 102 Å². The molecule has 5 aromatic rings. The van der Waals surface area contributed by atoms with Gasteiger partial charge in [-0.25, -0.2) is 8.78 Å². The number of hydrogen-bond acceptors (Lipinski definition) is 7. The minimum absolute atomic E-state index is 0.287. The third-order valence-corrected chi connectivity index (χ3v) is 6.52. The molecule has 6 rings (SSSR count). The molecule has 6 nitrogen and oxygen atoms in total. The molecule has 1 aliphatic rings. The standard InChI is InChI=1S/C29H19F2N5OS/c1-16-4-9-19(26(38)13-16)27-20-14-22(30)23(31)15-21(20)29(36-35-27)34-17-5-7-18(8-6-17)37-25-10-12-32-24-3-2-11-33-28(24)25/h2-12,14-15H,13H2,1H3,(H,34,36). The molecular formula is C29H19F2N5OS. The monoisotopic (exact) mass is 523 g/mol. The minimum atomic E-state index is -0.975. The van der Waals surface area contributed by atoms with E-state index in [-0.39, 0.29) is 5.82 Å². The predicted octanol–water partition coefficient (Wildman–Crippen LogP) is 7.49. The summed E-state index contributed by atoms with van der Waals surface area (Å²) in [6, 6.07) is 14.8. The SMILES string of the molecule is CC1=CC=C(c2nnc(Nc3ccc(Oc4ccnc5cccnc45)cc3)c3cc(F)c(F)cc23)C(=S)C1. The van der Waals surface area contributed by atoms with Gasteiger partial charge in [0.2, 0.25) is 0 Å². The second-order valence-electron chi connectivity index (χ2n) is 8.83. The van der Waals surface area contributed by atoms with Gasteiger partial charge in [-0.3, -0.25) is 9.97 Å². The lowest BCUT2D eigenvalue weighted by Gasteiger charge is -2.16. The number of nitrogens with one attached hydrogen (secondary N) is 1. The van der Waals surface area contributed by atoms with E-state index in [4.69, 9.17) is 17.0 Å². The molecule has 0 saturated heterocycles. The first-order valence-corrected chi connectivity index (χ1v) is 12.2. The summed E-state index contributed by atoms with van der Waals surface area (Å²) in [5, 5.41) is 12.6. The summed E-state index contributed by atoms with van der Waals surface area (Å²) in [5.41, 5.74) is 4.27. The number of nitrogens with zero attached hydrogens (tertiary/aromatic N) is 4. The number of hydrogen-bond donors (Lipinski definition) is 1. The lowest BCUT2D eigenvalue weighted by molar-refractivity contribution is 0.487. The van der Waals surface area contributed by atoms with Crippen LogP contribution < -0.4 is 10.1 Å². The maximum Gasteiger partial charge on any atom is 0.161 e. The summed E-state index contributed by atoms with van der Waals surface area (Å²) in [5.74, 6) is -0.478. The molecule has 0 radical (unpaired) electrons. The van der Waals surface area contributed by atoms with Crippen molar-refractivity contribution in [1.82, 2.24) is 20.2 Å². The van der Waals surface area contributed by atoms with E-state index in [2.05, 4.69) is 25.5 Å². The Labute approximate surface area is 221 Å². The van der Waals surface area contributed by atoms with Crippen molar-refractivity contribution in [2.24, 2.45) is 0 Å². The van der Waals surface area contributed by atoms with Crippen LogP contribution in [0.1, 0.15) is 19.0 Å². The summed E-state index contributed by atoms with van der Waals surface area (Å²) in [6.45, 7) is 1.98. The summed E-state index contributed by atoms with van der Waals surface area (Å²) in [7, 11) is 0. The largest absolute Gasteiger partial charge is 0.455 e. The molecule has 0 atom stereocenters. The van der Waals surface area contributed by atoms with Crippen molar-refractivity contribution in [3.63, 3.8) is 0 Å². The summed E-state index contributed by atoms with van der Waals surface area (Å²) < 4.78 is 34.6. The van der Waals surface area contributed by atoms with Gasteiger partial charge in [0.25, 0.3) is 0 Å². The molecule has 2 aromatic carbocycles. The van der Waals surface area contributed by atoms with E-state index in [9.17, 15) is 8.78 Å². The number of rotatable bonds is 5. The number of ether oxygens (including phenoxy) is 1. The van der Waals surface area contributed by atoms with E-state index >= 15 is 0 Å². The van der Waals surface area contributed by atoms with E-state index in [0.717, 1.165) is 23.2 Å². The quantitative estimate of drug-likeness (QED) is 0.239. The molecule has 0 unspecified atom stereocenters. The van der Waals surface area contributed by atoms with E-state index in [1.54, 1.807) is 42.7 Å². The van der Waals surface area contributed by atoms with Gasteiger partial charge in [-0.05, 0) is 55.5 Å². The number of anilines is 2. The summed E-state index contributed by atoms with van der Waals surface area (Å²) >= 11 is 5.55. The maximum absolute atomic E-state index is 14.3. The van der Waals surface area contributed by atoms with Crippen molar-refractivity contribution in [2.75, 3.05) is 5.32 Å². The third kappa shape index (κ3) is 4.48. The molecular weight excluding hydrogens is 504 g/mol. The van der Waals surface area contributed by atoms with Gasteiger partial charge in [0, 0.05) is 51.8 Å². The normalized spacial score (nSPS) is 13.4. The Morgan fingerprint density at radius 3 is 2.47 bits per heavy atom. The van der Waals surface area contributed by atoms with E-state index in [1.165, 1.54) is 0 Å². The van der Waals surface area contributed by atoms with E-state index < -0.39 is 11.6 Å². The molecule has 1 aliphatic carbocycles. The second-order valence-corrected chi connectivity index (χ2v) is 9.33. The van der Waals surface area contributed by atoms with Gasteiger partial charge in [-0.15, -0.1) is 10.2 Å². The van der Waals surface area contributed by atoms with Crippen LogP contribution in [0, 0.1) is 11.6 Å². The lowest BCUT2D eigenvalue weighted by atomic mass is 9.94. The Balaban J connectivity index is 1.32. The Morgan fingerprint density at radius 2 is 1.68 bits per heavy atom. The van der Waals surface area contributed by atoms with Gasteiger partial charge in [0.1, 0.15) is 17.0 Å². The van der Waals surface area contributed by atoms with Gasteiger partial charge >= 0.3 is 0 Å². The zero-order valence-electron chi connectivity index (χ0n) is 20.1. The number of pyridine rings is 2. The lowest BCUT2D eigenvalue weighted by Crippen LogP contribution is -2.08. The van der Waals surface area contributed by atoms with Crippen LogP contribution in [0.2, 0.25) is 0 Å². The van der Waals surface area contributed by atoms with Crippen LogP contribution in [0.15, 0.2) is 84.7 Å². The Hall–Kier alpha value is -4.63. The first-order valence-electron chi connectivity index (χ1n) is 11.8. The highest BCUT2D eigenvalue weighted by molar-refractivity contribution is 7.81. The number of aromatic nitrogens is 4. The average Bonchev–Trinajstić information content (AvgIpc) is 2.91. The van der Waals surface area contributed by atoms with Crippen LogP contribution in [0.5, 0.6) is 11.5 Å². The molecule has 0 fully saturated rings. The number of benzene rings is 2. The van der Waals surface area contributed by atoms with Crippen molar-refractivity contribution < 1.29 is 13.5 Å². The minimum Gasteiger partial charge on any atom is -0.455 e. The molecule has 0 saturated carbocycles. The van der Waals surface area contributed by atoms with Gasteiger partial charge in [-0.1, -0.05) is 29.9 Å². The van der Waals surface area contributed by atoms with Crippen molar-refractivity contribution in [1.29, 1.82) is 0 Å². The van der Waals surface area contributed by atoms with Crippen LogP contribution in [0.4, 0.5) is 20.3 Å². The number of allylic oxidation sites excluding steroid dienone is 4. The highest BCUT2D eigenvalue weighted by atomic mass is 32.1. The Morgan fingerprint density at radius 1 is 0.895 bits per heavy atom. The number of fused-ring (bicyclic) bond motifs is 2. The van der Waals surface area contributed by atoms with Gasteiger partial charge in [0.15, 0.2) is 23.2 Å². The van der Waals surface area contributed by atoms with Crippen LogP contribution in [0.3, 0.4) is 0 Å². The first-order chi connectivity index (χ1) is 18.5. The average molecular weight is 524 g/mol. The zero-order chi connectivity index (χ0) is 26.2. The fraction of sp³-hybridized carbons (Fsp3) is 0.0690. The van der Waals surface area contributed by atoms with E-state index in [0.29, 0.717) is 56.0 Å². The molecule has 3 aromatic heterocycles. The van der Waals surface area contributed by atoms with Crippen LogP contribution in [-0.4, -0.2) is 25.0 Å². The molecule has 1 N–H and O–H groups in total. The molecule has 186 valence electrons. The molecule has 0 bridgehead atoms. The highest BCUT2D eigenvalue weighted by Crippen LogP contribution is 2.34. The maximum atomic E-state index is 14.3. The van der Waals surface area contributed by atoms with Gasteiger partial charge in [0.05, 0.1) is 5.52 Å². The Bertz CT molecular complexity index is 1800. The molecule has 9 heteroatoms. The van der Waals surface area contributed by atoms with Crippen LogP contribution in [-0.2, 0) is 0 Å². The van der Waals surface area contributed by atoms with Gasteiger partial charge < -0.3 is 10.1 Å². The molecule has 0 aliphatic heterocycles. The Kier molecular flexibility index (Phi) is 6.05. The zero-order valence-corrected chi connectivity index (χ0v) is 20.9.